The Morgan fingerprint density at radius 1 is 1.11 bits per heavy atom. The Labute approximate surface area is 118 Å². The predicted molar refractivity (Wildman–Crippen MR) is 77.1 cm³/mol. The molecule has 0 saturated heterocycles. The Morgan fingerprint density at radius 3 is 2.47 bits per heavy atom. The van der Waals surface area contributed by atoms with Crippen LogP contribution in [0.5, 0.6) is 11.6 Å². The van der Waals surface area contributed by atoms with Crippen molar-refractivity contribution in [2.75, 3.05) is 0 Å². The highest BCUT2D eigenvalue weighted by atomic mass is 35.5. The summed E-state index contributed by atoms with van der Waals surface area (Å²) < 4.78 is 5.83. The van der Waals surface area contributed by atoms with Gasteiger partial charge in [0, 0.05) is 6.07 Å². The minimum atomic E-state index is 0.389. The fourth-order valence-electron chi connectivity index (χ4n) is 1.76. The SMILES string of the molecule is Cc1nc(Cl)cc(Oc2cc(C(C)C)ccc2C)n1. The topological polar surface area (TPSA) is 35.0 Å². The third kappa shape index (κ3) is 3.44. The summed E-state index contributed by atoms with van der Waals surface area (Å²) in [5.41, 5.74) is 2.30. The van der Waals surface area contributed by atoms with E-state index in [2.05, 4.69) is 35.9 Å². The molecule has 1 aromatic carbocycles. The van der Waals surface area contributed by atoms with Gasteiger partial charge in [-0.25, -0.2) is 4.98 Å². The summed E-state index contributed by atoms with van der Waals surface area (Å²) in [6.45, 7) is 8.10. The Kier molecular flexibility index (Phi) is 4.05. The quantitative estimate of drug-likeness (QED) is 0.765. The molecule has 0 amide bonds. The van der Waals surface area contributed by atoms with Crippen molar-refractivity contribution in [3.05, 3.63) is 46.4 Å². The van der Waals surface area contributed by atoms with E-state index in [4.69, 9.17) is 16.3 Å². The first-order valence-electron chi connectivity index (χ1n) is 6.25. The van der Waals surface area contributed by atoms with Crippen molar-refractivity contribution < 1.29 is 4.74 Å². The van der Waals surface area contributed by atoms with E-state index < -0.39 is 0 Å². The Bertz CT molecular complexity index is 576. The first-order chi connectivity index (χ1) is 8.95. The third-order valence-corrected chi connectivity index (χ3v) is 3.07. The fraction of sp³-hybridized carbons (Fsp3) is 0.333. The van der Waals surface area contributed by atoms with Crippen molar-refractivity contribution in [3.8, 4) is 11.6 Å². The molecular weight excluding hydrogens is 260 g/mol. The molecule has 0 saturated carbocycles. The summed E-state index contributed by atoms with van der Waals surface area (Å²) >= 11 is 5.91. The molecule has 2 rings (SSSR count). The Morgan fingerprint density at radius 2 is 1.84 bits per heavy atom. The van der Waals surface area contributed by atoms with Crippen molar-refractivity contribution in [1.29, 1.82) is 0 Å². The highest BCUT2D eigenvalue weighted by Gasteiger charge is 2.08. The van der Waals surface area contributed by atoms with Gasteiger partial charge in [0.05, 0.1) is 0 Å². The molecule has 1 aromatic heterocycles. The number of hydrogen-bond acceptors (Lipinski definition) is 3. The lowest BCUT2D eigenvalue weighted by Gasteiger charge is -2.12. The average molecular weight is 277 g/mol. The molecule has 1 heterocycles. The second-order valence-corrected chi connectivity index (χ2v) is 5.25. The van der Waals surface area contributed by atoms with E-state index in [-0.39, 0.29) is 0 Å². The molecule has 0 N–H and O–H groups in total. The van der Waals surface area contributed by atoms with Crippen molar-refractivity contribution in [3.63, 3.8) is 0 Å². The van der Waals surface area contributed by atoms with Crippen LogP contribution in [0, 0.1) is 13.8 Å². The molecule has 0 unspecified atom stereocenters. The molecule has 3 nitrogen and oxygen atoms in total. The number of aromatic nitrogens is 2. The zero-order valence-corrected chi connectivity index (χ0v) is 12.3. The monoisotopic (exact) mass is 276 g/mol. The molecule has 0 aliphatic heterocycles. The van der Waals surface area contributed by atoms with Crippen LogP contribution in [-0.2, 0) is 0 Å². The minimum absolute atomic E-state index is 0.389. The van der Waals surface area contributed by atoms with Gasteiger partial charge >= 0.3 is 0 Å². The lowest BCUT2D eigenvalue weighted by Crippen LogP contribution is -1.96. The van der Waals surface area contributed by atoms with Crippen LogP contribution >= 0.6 is 11.6 Å². The van der Waals surface area contributed by atoms with Gasteiger partial charge in [0.1, 0.15) is 16.7 Å². The largest absolute Gasteiger partial charge is 0.439 e. The normalized spacial score (nSPS) is 10.8. The molecule has 4 heteroatoms. The molecule has 0 fully saturated rings. The molecule has 100 valence electrons. The number of aryl methyl sites for hydroxylation is 2. The predicted octanol–water partition coefficient (Wildman–Crippen LogP) is 4.66. The van der Waals surface area contributed by atoms with Crippen molar-refractivity contribution in [2.24, 2.45) is 0 Å². The van der Waals surface area contributed by atoms with Crippen molar-refractivity contribution in [2.45, 2.75) is 33.6 Å². The number of rotatable bonds is 3. The van der Waals surface area contributed by atoms with Gasteiger partial charge < -0.3 is 4.74 Å². The number of benzene rings is 1. The van der Waals surface area contributed by atoms with Crippen LogP contribution in [0.15, 0.2) is 24.3 Å². The molecule has 2 aromatic rings. The first-order valence-corrected chi connectivity index (χ1v) is 6.63. The van der Waals surface area contributed by atoms with Gasteiger partial charge in [0.15, 0.2) is 0 Å². The van der Waals surface area contributed by atoms with Crippen molar-refractivity contribution >= 4 is 11.6 Å². The van der Waals surface area contributed by atoms with Crippen LogP contribution in [0.25, 0.3) is 0 Å². The van der Waals surface area contributed by atoms with Crippen LogP contribution in [0.3, 0.4) is 0 Å². The van der Waals surface area contributed by atoms with Crippen LogP contribution < -0.4 is 4.74 Å². The molecule has 0 spiro atoms. The van der Waals surface area contributed by atoms with E-state index in [1.165, 1.54) is 5.56 Å². The molecule has 0 bridgehead atoms. The Balaban J connectivity index is 2.34. The zero-order chi connectivity index (χ0) is 14.0. The van der Waals surface area contributed by atoms with E-state index >= 15 is 0 Å². The lowest BCUT2D eigenvalue weighted by molar-refractivity contribution is 0.455. The van der Waals surface area contributed by atoms with Crippen LogP contribution in [-0.4, -0.2) is 9.97 Å². The number of ether oxygens (including phenoxy) is 1. The van der Waals surface area contributed by atoms with Crippen molar-refractivity contribution in [1.82, 2.24) is 9.97 Å². The average Bonchev–Trinajstić information content (AvgIpc) is 2.30. The van der Waals surface area contributed by atoms with Gasteiger partial charge in [-0.05, 0) is 37.0 Å². The molecule has 0 aliphatic carbocycles. The second-order valence-electron chi connectivity index (χ2n) is 4.86. The summed E-state index contributed by atoms with van der Waals surface area (Å²) in [6.07, 6.45) is 0. The fourth-order valence-corrected chi connectivity index (χ4v) is 1.97. The summed E-state index contributed by atoms with van der Waals surface area (Å²) in [5.74, 6) is 2.33. The summed E-state index contributed by atoms with van der Waals surface area (Å²) in [6, 6.07) is 7.84. The maximum atomic E-state index is 5.91. The van der Waals surface area contributed by atoms with Crippen LogP contribution in [0.1, 0.15) is 36.7 Å². The maximum Gasteiger partial charge on any atom is 0.224 e. The highest BCUT2D eigenvalue weighted by Crippen LogP contribution is 2.28. The molecule has 0 radical (unpaired) electrons. The molecule has 19 heavy (non-hydrogen) atoms. The third-order valence-electron chi connectivity index (χ3n) is 2.88. The first kappa shape index (κ1) is 13.8. The summed E-state index contributed by atoms with van der Waals surface area (Å²) in [4.78, 5) is 8.25. The minimum Gasteiger partial charge on any atom is -0.439 e. The highest BCUT2D eigenvalue weighted by molar-refractivity contribution is 6.29. The maximum absolute atomic E-state index is 5.91. The van der Waals surface area contributed by atoms with Gasteiger partial charge in [0.2, 0.25) is 5.88 Å². The van der Waals surface area contributed by atoms with E-state index in [1.54, 1.807) is 13.0 Å². The van der Waals surface area contributed by atoms with E-state index in [0.29, 0.717) is 22.8 Å². The number of hydrogen-bond donors (Lipinski definition) is 0. The second kappa shape index (κ2) is 5.57. The van der Waals surface area contributed by atoms with E-state index in [0.717, 1.165) is 11.3 Å². The van der Waals surface area contributed by atoms with Gasteiger partial charge in [-0.15, -0.1) is 0 Å². The molecular formula is C15H17ClN2O. The van der Waals surface area contributed by atoms with E-state index in [1.807, 2.05) is 13.0 Å². The smallest absolute Gasteiger partial charge is 0.224 e. The standard InChI is InChI=1S/C15H17ClN2O/c1-9(2)12-6-5-10(3)13(7-12)19-15-8-14(16)17-11(4)18-15/h5-9H,1-4H3. The Hall–Kier alpha value is -1.61. The zero-order valence-electron chi connectivity index (χ0n) is 11.6. The van der Waals surface area contributed by atoms with Crippen LogP contribution in [0.2, 0.25) is 5.15 Å². The van der Waals surface area contributed by atoms with Crippen LogP contribution in [0.4, 0.5) is 0 Å². The van der Waals surface area contributed by atoms with Gasteiger partial charge in [-0.3, -0.25) is 0 Å². The molecule has 0 aliphatic rings. The number of nitrogens with zero attached hydrogens (tertiary/aromatic N) is 2. The van der Waals surface area contributed by atoms with E-state index in [9.17, 15) is 0 Å². The van der Waals surface area contributed by atoms with Gasteiger partial charge in [-0.2, -0.15) is 4.98 Å². The van der Waals surface area contributed by atoms with Gasteiger partial charge in [-0.1, -0.05) is 37.6 Å². The lowest BCUT2D eigenvalue weighted by atomic mass is 10.0. The summed E-state index contributed by atoms with van der Waals surface area (Å²) in [7, 11) is 0. The van der Waals surface area contributed by atoms with Gasteiger partial charge in [0.25, 0.3) is 0 Å². The molecule has 0 atom stereocenters. The summed E-state index contributed by atoms with van der Waals surface area (Å²) in [5, 5.41) is 0.389. The number of halogens is 1.